The van der Waals surface area contributed by atoms with E-state index in [4.69, 9.17) is 11.6 Å². The minimum Gasteiger partial charge on any atom is -0.544 e. The number of carbonyl (C=O) groups is 1. The van der Waals surface area contributed by atoms with Gasteiger partial charge in [0.2, 0.25) is 0 Å². The summed E-state index contributed by atoms with van der Waals surface area (Å²) in [5, 5.41) is 15.5. The van der Waals surface area contributed by atoms with Gasteiger partial charge in [0.1, 0.15) is 0 Å². The van der Waals surface area contributed by atoms with Crippen molar-refractivity contribution < 1.29 is 9.90 Å². The van der Waals surface area contributed by atoms with Gasteiger partial charge in [0, 0.05) is 5.02 Å². The van der Waals surface area contributed by atoms with Crippen molar-refractivity contribution in [1.82, 2.24) is 0 Å². The van der Waals surface area contributed by atoms with Crippen LogP contribution in [0.15, 0.2) is 41.5 Å². The van der Waals surface area contributed by atoms with Crippen molar-refractivity contribution in [3.63, 3.8) is 0 Å². The Bertz CT molecular complexity index is 620. The summed E-state index contributed by atoms with van der Waals surface area (Å²) in [7, 11) is 0. The zero-order valence-corrected chi connectivity index (χ0v) is 11.6. The lowest BCUT2D eigenvalue weighted by molar-refractivity contribution is -0.254. The lowest BCUT2D eigenvalue weighted by Gasteiger charge is -2.02. The van der Waals surface area contributed by atoms with Crippen LogP contribution in [-0.2, 0) is 0 Å². The van der Waals surface area contributed by atoms with Gasteiger partial charge in [-0.3, -0.25) is 5.43 Å². The molecule has 1 N–H and O–H groups in total. The van der Waals surface area contributed by atoms with Gasteiger partial charge in [-0.15, -0.1) is 11.3 Å². The predicted molar refractivity (Wildman–Crippen MR) is 75.9 cm³/mol. The molecular formula is C13H10ClN2O2S-. The van der Waals surface area contributed by atoms with Crippen molar-refractivity contribution >= 4 is 40.3 Å². The number of benzene rings is 1. The molecule has 0 spiro atoms. The number of hydrogen-bond acceptors (Lipinski definition) is 5. The van der Waals surface area contributed by atoms with E-state index in [1.54, 1.807) is 37.3 Å². The Hall–Kier alpha value is -1.85. The number of carboxylic acid groups (broad SMARTS) is 1. The first kappa shape index (κ1) is 13.6. The molecule has 0 aliphatic heterocycles. The SMILES string of the molecule is C/C(=N/Nc1ccc(Cl)cc1)c1ccc(C(=O)[O-])s1. The molecule has 19 heavy (non-hydrogen) atoms. The van der Waals surface area contributed by atoms with Crippen molar-refractivity contribution in [1.29, 1.82) is 0 Å². The number of thiophene rings is 1. The second-order valence-electron chi connectivity index (χ2n) is 3.77. The average molecular weight is 294 g/mol. The highest BCUT2D eigenvalue weighted by atomic mass is 35.5. The molecule has 0 bridgehead atoms. The number of halogens is 1. The Morgan fingerprint density at radius 3 is 2.42 bits per heavy atom. The summed E-state index contributed by atoms with van der Waals surface area (Å²) in [6.45, 7) is 1.80. The minimum absolute atomic E-state index is 0.191. The molecule has 0 saturated heterocycles. The topological polar surface area (TPSA) is 64.5 Å². The number of hydrazone groups is 1. The second-order valence-corrected chi connectivity index (χ2v) is 5.29. The Kier molecular flexibility index (Phi) is 4.19. The lowest BCUT2D eigenvalue weighted by Crippen LogP contribution is -2.20. The number of rotatable bonds is 4. The van der Waals surface area contributed by atoms with Crippen LogP contribution in [0.4, 0.5) is 5.69 Å². The molecule has 0 unspecified atom stereocenters. The summed E-state index contributed by atoms with van der Waals surface area (Å²) in [6.07, 6.45) is 0. The fourth-order valence-electron chi connectivity index (χ4n) is 1.37. The third-order valence-corrected chi connectivity index (χ3v) is 3.79. The highest BCUT2D eigenvalue weighted by Gasteiger charge is 2.03. The standard InChI is InChI=1S/C13H11ClN2O2S/c1-8(11-6-7-12(19-11)13(17)18)15-16-10-4-2-9(14)3-5-10/h2-7,16H,1H3,(H,17,18)/p-1/b15-8-. The van der Waals surface area contributed by atoms with E-state index in [-0.39, 0.29) is 4.88 Å². The van der Waals surface area contributed by atoms with E-state index >= 15 is 0 Å². The summed E-state index contributed by atoms with van der Waals surface area (Å²) in [4.78, 5) is 11.6. The van der Waals surface area contributed by atoms with Crippen molar-refractivity contribution in [3.8, 4) is 0 Å². The molecule has 0 fully saturated rings. The first-order valence-corrected chi connectivity index (χ1v) is 6.63. The largest absolute Gasteiger partial charge is 0.544 e. The Balaban J connectivity index is 2.09. The number of carboxylic acids is 1. The quantitative estimate of drug-likeness (QED) is 0.696. The van der Waals surface area contributed by atoms with Gasteiger partial charge in [-0.2, -0.15) is 5.10 Å². The van der Waals surface area contributed by atoms with E-state index < -0.39 is 5.97 Å². The smallest absolute Gasteiger partial charge is 0.0815 e. The molecule has 1 aromatic heterocycles. The van der Waals surface area contributed by atoms with Crippen LogP contribution in [0.3, 0.4) is 0 Å². The van der Waals surface area contributed by atoms with E-state index in [0.29, 0.717) is 10.7 Å². The molecule has 0 aliphatic carbocycles. The van der Waals surface area contributed by atoms with Gasteiger partial charge >= 0.3 is 0 Å². The maximum atomic E-state index is 10.7. The normalized spacial score (nSPS) is 11.4. The van der Waals surface area contributed by atoms with Gasteiger partial charge in [-0.05, 0) is 43.3 Å². The van der Waals surface area contributed by atoms with Crippen LogP contribution in [0, 0.1) is 0 Å². The summed E-state index contributed by atoms with van der Waals surface area (Å²) in [5.41, 5.74) is 4.39. The molecule has 2 rings (SSSR count). The fourth-order valence-corrected chi connectivity index (χ4v) is 2.28. The molecule has 6 heteroatoms. The van der Waals surface area contributed by atoms with Gasteiger partial charge < -0.3 is 9.90 Å². The highest BCUT2D eigenvalue weighted by molar-refractivity contribution is 7.15. The molecule has 98 valence electrons. The van der Waals surface area contributed by atoms with Crippen LogP contribution in [0.5, 0.6) is 0 Å². The third kappa shape index (κ3) is 3.56. The van der Waals surface area contributed by atoms with E-state index in [1.165, 1.54) is 6.07 Å². The van der Waals surface area contributed by atoms with Crippen molar-refractivity contribution in [2.75, 3.05) is 5.43 Å². The predicted octanol–water partition coefficient (Wildman–Crippen LogP) is 2.60. The molecular weight excluding hydrogens is 284 g/mol. The maximum Gasteiger partial charge on any atom is 0.0815 e. The first-order chi connectivity index (χ1) is 9.06. The summed E-state index contributed by atoms with van der Waals surface area (Å²) >= 11 is 6.91. The van der Waals surface area contributed by atoms with Crippen LogP contribution in [-0.4, -0.2) is 11.7 Å². The second kappa shape index (κ2) is 5.86. The summed E-state index contributed by atoms with van der Waals surface area (Å²) < 4.78 is 0. The van der Waals surface area contributed by atoms with Crippen LogP contribution < -0.4 is 10.5 Å². The molecule has 1 aromatic carbocycles. The van der Waals surface area contributed by atoms with Crippen molar-refractivity contribution in [3.05, 3.63) is 51.2 Å². The van der Waals surface area contributed by atoms with E-state index in [2.05, 4.69) is 10.5 Å². The van der Waals surface area contributed by atoms with E-state index in [1.807, 2.05) is 0 Å². The molecule has 2 aromatic rings. The van der Waals surface area contributed by atoms with Crippen LogP contribution in [0.2, 0.25) is 5.02 Å². The number of nitrogens with one attached hydrogen (secondary N) is 1. The Labute approximate surface area is 119 Å². The molecule has 0 radical (unpaired) electrons. The van der Waals surface area contributed by atoms with Gasteiger partial charge in [0.05, 0.1) is 27.1 Å². The van der Waals surface area contributed by atoms with Crippen molar-refractivity contribution in [2.45, 2.75) is 6.92 Å². The molecule has 1 heterocycles. The average Bonchev–Trinajstić information content (AvgIpc) is 2.87. The summed E-state index contributed by atoms with van der Waals surface area (Å²) in [5.74, 6) is -1.17. The Morgan fingerprint density at radius 2 is 1.84 bits per heavy atom. The van der Waals surface area contributed by atoms with Crippen LogP contribution in [0.1, 0.15) is 21.5 Å². The van der Waals surface area contributed by atoms with Crippen LogP contribution >= 0.6 is 22.9 Å². The Morgan fingerprint density at radius 1 is 1.21 bits per heavy atom. The zero-order chi connectivity index (χ0) is 13.8. The number of anilines is 1. The van der Waals surface area contributed by atoms with Gasteiger partial charge in [-0.25, -0.2) is 0 Å². The van der Waals surface area contributed by atoms with Gasteiger partial charge in [0.25, 0.3) is 0 Å². The summed E-state index contributed by atoms with van der Waals surface area (Å²) in [6, 6.07) is 10.3. The molecule has 0 aliphatic rings. The maximum absolute atomic E-state index is 10.7. The molecule has 0 atom stereocenters. The van der Waals surface area contributed by atoms with E-state index in [0.717, 1.165) is 21.9 Å². The lowest BCUT2D eigenvalue weighted by atomic mass is 10.3. The first-order valence-electron chi connectivity index (χ1n) is 5.43. The fraction of sp³-hybridized carbons (Fsp3) is 0.0769. The molecule has 0 amide bonds. The van der Waals surface area contributed by atoms with Gasteiger partial charge in [0.15, 0.2) is 0 Å². The number of carbonyl (C=O) groups excluding carboxylic acids is 1. The third-order valence-electron chi connectivity index (χ3n) is 2.36. The van der Waals surface area contributed by atoms with Crippen LogP contribution in [0.25, 0.3) is 0 Å². The zero-order valence-electron chi connectivity index (χ0n) is 10.0. The number of aromatic carboxylic acids is 1. The van der Waals surface area contributed by atoms with Gasteiger partial charge in [-0.1, -0.05) is 11.6 Å². The minimum atomic E-state index is -1.17. The van der Waals surface area contributed by atoms with Crippen molar-refractivity contribution in [2.24, 2.45) is 5.10 Å². The number of nitrogens with zero attached hydrogens (tertiary/aromatic N) is 1. The molecule has 4 nitrogen and oxygen atoms in total. The monoisotopic (exact) mass is 293 g/mol. The molecule has 0 saturated carbocycles. The van der Waals surface area contributed by atoms with E-state index in [9.17, 15) is 9.90 Å². The highest BCUT2D eigenvalue weighted by Crippen LogP contribution is 2.17. The number of hydrogen-bond donors (Lipinski definition) is 1.